The second-order valence-corrected chi connectivity index (χ2v) is 6.49. The molecular formula is C13H20ClNO3S. The maximum atomic E-state index is 11.5. The Morgan fingerprint density at radius 3 is 2.63 bits per heavy atom. The van der Waals surface area contributed by atoms with E-state index in [1.54, 1.807) is 6.07 Å². The van der Waals surface area contributed by atoms with Crippen molar-refractivity contribution in [1.82, 2.24) is 4.72 Å². The maximum absolute atomic E-state index is 11.5. The molecule has 0 aliphatic rings. The molecule has 1 aromatic rings. The van der Waals surface area contributed by atoms with Crippen LogP contribution in [0.4, 0.5) is 0 Å². The van der Waals surface area contributed by atoms with E-state index in [-0.39, 0.29) is 5.75 Å². The van der Waals surface area contributed by atoms with E-state index in [9.17, 15) is 8.42 Å². The zero-order valence-electron chi connectivity index (χ0n) is 11.3. The van der Waals surface area contributed by atoms with Crippen molar-refractivity contribution < 1.29 is 13.2 Å². The summed E-state index contributed by atoms with van der Waals surface area (Å²) < 4.78 is 30.8. The van der Waals surface area contributed by atoms with E-state index in [2.05, 4.69) is 4.72 Å². The van der Waals surface area contributed by atoms with Crippen molar-refractivity contribution in [3.8, 4) is 5.75 Å². The van der Waals surface area contributed by atoms with Gasteiger partial charge in [-0.2, -0.15) is 0 Å². The summed E-state index contributed by atoms with van der Waals surface area (Å²) in [6.07, 6.45) is 1.22. The minimum Gasteiger partial charge on any atom is -0.492 e. The van der Waals surface area contributed by atoms with E-state index < -0.39 is 10.0 Å². The number of benzene rings is 1. The largest absolute Gasteiger partial charge is 0.492 e. The number of hydrogen-bond donors (Lipinski definition) is 1. The minimum atomic E-state index is -3.14. The van der Waals surface area contributed by atoms with Gasteiger partial charge in [-0.05, 0) is 37.5 Å². The highest BCUT2D eigenvalue weighted by Gasteiger charge is 2.08. The molecule has 6 heteroatoms. The molecule has 1 aromatic carbocycles. The molecule has 0 fully saturated rings. The highest BCUT2D eigenvalue weighted by molar-refractivity contribution is 7.89. The van der Waals surface area contributed by atoms with E-state index in [1.807, 2.05) is 26.0 Å². The molecule has 0 bridgehead atoms. The first-order valence-electron chi connectivity index (χ1n) is 6.37. The smallest absolute Gasteiger partial charge is 0.211 e. The third kappa shape index (κ3) is 5.80. The van der Waals surface area contributed by atoms with Gasteiger partial charge in [0.1, 0.15) is 5.75 Å². The quantitative estimate of drug-likeness (QED) is 0.803. The predicted octanol–water partition coefficient (Wildman–Crippen LogP) is 2.61. The fourth-order valence-electron chi connectivity index (χ4n) is 1.66. The second-order valence-electron chi connectivity index (χ2n) is 4.16. The van der Waals surface area contributed by atoms with Crippen molar-refractivity contribution in [3.05, 3.63) is 28.8 Å². The SMILES string of the molecule is CCCS(=O)(=O)NCCc1ccc(OCC)c(Cl)c1. The van der Waals surface area contributed by atoms with Crippen molar-refractivity contribution in [3.63, 3.8) is 0 Å². The Morgan fingerprint density at radius 2 is 2.05 bits per heavy atom. The van der Waals surface area contributed by atoms with Crippen LogP contribution in [0.2, 0.25) is 5.02 Å². The Labute approximate surface area is 120 Å². The van der Waals surface area contributed by atoms with E-state index >= 15 is 0 Å². The van der Waals surface area contributed by atoms with Gasteiger partial charge in [0.25, 0.3) is 0 Å². The Bertz CT molecular complexity index is 503. The maximum Gasteiger partial charge on any atom is 0.211 e. The van der Waals surface area contributed by atoms with Crippen molar-refractivity contribution in [2.45, 2.75) is 26.7 Å². The van der Waals surface area contributed by atoms with Gasteiger partial charge in [-0.15, -0.1) is 0 Å². The molecule has 1 rings (SSSR count). The number of nitrogens with one attached hydrogen (secondary N) is 1. The van der Waals surface area contributed by atoms with Gasteiger partial charge in [0, 0.05) is 6.54 Å². The number of rotatable bonds is 8. The Balaban J connectivity index is 2.52. The first-order valence-corrected chi connectivity index (χ1v) is 8.40. The summed E-state index contributed by atoms with van der Waals surface area (Å²) >= 11 is 6.06. The predicted molar refractivity (Wildman–Crippen MR) is 78.4 cm³/mol. The molecule has 0 aliphatic carbocycles. The molecule has 0 saturated heterocycles. The molecule has 0 unspecified atom stereocenters. The standard InChI is InChI=1S/C13H20ClNO3S/c1-3-9-19(16,17)15-8-7-11-5-6-13(18-4-2)12(14)10-11/h5-6,10,15H,3-4,7-9H2,1-2H3. The van der Waals surface area contributed by atoms with Crippen LogP contribution >= 0.6 is 11.6 Å². The number of ether oxygens (including phenoxy) is 1. The number of sulfonamides is 1. The van der Waals surface area contributed by atoms with Crippen LogP contribution in [-0.4, -0.2) is 27.3 Å². The molecule has 0 atom stereocenters. The summed E-state index contributed by atoms with van der Waals surface area (Å²) in [5.74, 6) is 0.816. The van der Waals surface area contributed by atoms with Gasteiger partial charge in [0.2, 0.25) is 10.0 Å². The highest BCUT2D eigenvalue weighted by Crippen LogP contribution is 2.25. The first kappa shape index (κ1) is 16.3. The lowest BCUT2D eigenvalue weighted by Gasteiger charge is -2.08. The molecular weight excluding hydrogens is 286 g/mol. The van der Waals surface area contributed by atoms with Gasteiger partial charge in [-0.1, -0.05) is 24.6 Å². The van der Waals surface area contributed by atoms with E-state index in [0.29, 0.717) is 36.8 Å². The van der Waals surface area contributed by atoms with Crippen LogP contribution in [0.25, 0.3) is 0 Å². The zero-order chi connectivity index (χ0) is 14.3. The normalized spacial score (nSPS) is 11.5. The second kappa shape index (κ2) is 7.72. The van der Waals surface area contributed by atoms with Crippen LogP contribution in [0.1, 0.15) is 25.8 Å². The third-order valence-corrected chi connectivity index (χ3v) is 4.39. The van der Waals surface area contributed by atoms with E-state index in [0.717, 1.165) is 5.56 Å². The fourth-order valence-corrected chi connectivity index (χ4v) is 3.02. The Morgan fingerprint density at radius 1 is 1.32 bits per heavy atom. The summed E-state index contributed by atoms with van der Waals surface area (Å²) in [6.45, 7) is 4.68. The van der Waals surface area contributed by atoms with Crippen LogP contribution in [0.5, 0.6) is 5.75 Å². The van der Waals surface area contributed by atoms with Gasteiger partial charge in [0.05, 0.1) is 17.4 Å². The Kier molecular flexibility index (Phi) is 6.62. The summed E-state index contributed by atoms with van der Waals surface area (Å²) in [5, 5.41) is 0.552. The van der Waals surface area contributed by atoms with Crippen LogP contribution in [-0.2, 0) is 16.4 Å². The molecule has 19 heavy (non-hydrogen) atoms. The van der Waals surface area contributed by atoms with Gasteiger partial charge >= 0.3 is 0 Å². The van der Waals surface area contributed by atoms with Crippen molar-refractivity contribution in [2.24, 2.45) is 0 Å². The Hall–Kier alpha value is -0.780. The molecule has 0 heterocycles. The molecule has 4 nitrogen and oxygen atoms in total. The van der Waals surface area contributed by atoms with Crippen LogP contribution in [0.3, 0.4) is 0 Å². The van der Waals surface area contributed by atoms with Crippen LogP contribution < -0.4 is 9.46 Å². The zero-order valence-corrected chi connectivity index (χ0v) is 12.9. The van der Waals surface area contributed by atoms with Crippen LogP contribution in [0, 0.1) is 0 Å². The topological polar surface area (TPSA) is 55.4 Å². The average Bonchev–Trinajstić information content (AvgIpc) is 2.32. The van der Waals surface area contributed by atoms with Crippen LogP contribution in [0.15, 0.2) is 18.2 Å². The summed E-state index contributed by atoms with van der Waals surface area (Å²) in [5.41, 5.74) is 0.979. The lowest BCUT2D eigenvalue weighted by Crippen LogP contribution is -2.28. The summed E-state index contributed by atoms with van der Waals surface area (Å²) in [4.78, 5) is 0. The third-order valence-electron chi connectivity index (χ3n) is 2.50. The number of halogens is 1. The van der Waals surface area contributed by atoms with Crippen molar-refractivity contribution in [2.75, 3.05) is 18.9 Å². The molecule has 0 amide bonds. The van der Waals surface area contributed by atoms with E-state index in [1.165, 1.54) is 0 Å². The average molecular weight is 306 g/mol. The molecule has 0 aromatic heterocycles. The summed E-state index contributed by atoms with van der Waals surface area (Å²) in [7, 11) is -3.14. The fraction of sp³-hybridized carbons (Fsp3) is 0.538. The minimum absolute atomic E-state index is 0.164. The lowest BCUT2D eigenvalue weighted by molar-refractivity contribution is 0.340. The van der Waals surface area contributed by atoms with Gasteiger partial charge in [-0.25, -0.2) is 13.1 Å². The molecule has 0 radical (unpaired) electrons. The first-order chi connectivity index (χ1) is 8.98. The molecule has 1 N–H and O–H groups in total. The van der Waals surface area contributed by atoms with Gasteiger partial charge in [-0.3, -0.25) is 0 Å². The molecule has 108 valence electrons. The van der Waals surface area contributed by atoms with Crippen molar-refractivity contribution >= 4 is 21.6 Å². The van der Waals surface area contributed by atoms with E-state index in [4.69, 9.17) is 16.3 Å². The monoisotopic (exact) mass is 305 g/mol. The van der Waals surface area contributed by atoms with Gasteiger partial charge in [0.15, 0.2) is 0 Å². The highest BCUT2D eigenvalue weighted by atomic mass is 35.5. The molecule has 0 spiro atoms. The number of hydrogen-bond acceptors (Lipinski definition) is 3. The molecule has 0 saturated carbocycles. The lowest BCUT2D eigenvalue weighted by atomic mass is 10.1. The van der Waals surface area contributed by atoms with Crippen molar-refractivity contribution in [1.29, 1.82) is 0 Å². The molecule has 0 aliphatic heterocycles. The van der Waals surface area contributed by atoms with Gasteiger partial charge < -0.3 is 4.74 Å². The summed E-state index contributed by atoms with van der Waals surface area (Å²) in [6, 6.07) is 5.51.